The molecule has 9 nitrogen and oxygen atoms in total. The highest BCUT2D eigenvalue weighted by molar-refractivity contribution is 6.34. The normalized spacial score (nSPS) is 12.4. The Hall–Kier alpha value is -4.62. The minimum absolute atomic E-state index is 0.00228. The van der Waals surface area contributed by atoms with Crippen LogP contribution in [0.5, 0.6) is 17.4 Å². The molecule has 0 aliphatic carbocycles. The standard InChI is InChI=1S/C32H30ClF4N5O4/c1-5-41-26(18-44-17-20-9-7-6-8-10-20)39-42(31(41)43)22-15-21-13-14-38-30(27(21)25(16-22)45-19(2)32(35,36)37)46-29-23(34)11-12-24(28(29)33)40(3)4/h6-16,19H,5,17-18H2,1-4H3/t19-/m0/s1. The number of hydrogen-bond donors (Lipinski definition) is 0. The van der Waals surface area contributed by atoms with Gasteiger partial charge in [0.1, 0.15) is 17.4 Å². The van der Waals surface area contributed by atoms with E-state index in [4.69, 9.17) is 25.8 Å². The Morgan fingerprint density at radius 3 is 2.46 bits per heavy atom. The molecule has 5 rings (SSSR count). The van der Waals surface area contributed by atoms with Crippen LogP contribution in [0.1, 0.15) is 25.2 Å². The van der Waals surface area contributed by atoms with Crippen LogP contribution in [-0.2, 0) is 24.5 Å². The molecule has 242 valence electrons. The summed E-state index contributed by atoms with van der Waals surface area (Å²) in [5.74, 6) is -1.44. The molecule has 46 heavy (non-hydrogen) atoms. The van der Waals surface area contributed by atoms with Crippen LogP contribution < -0.4 is 20.1 Å². The van der Waals surface area contributed by atoms with Crippen LogP contribution in [0, 0.1) is 5.82 Å². The lowest BCUT2D eigenvalue weighted by molar-refractivity contribution is -0.189. The number of nitrogens with zero attached hydrogens (tertiary/aromatic N) is 5. The first kappa shape index (κ1) is 32.8. The predicted molar refractivity (Wildman–Crippen MR) is 166 cm³/mol. The van der Waals surface area contributed by atoms with Gasteiger partial charge in [-0.2, -0.15) is 17.9 Å². The number of halogens is 5. The lowest BCUT2D eigenvalue weighted by Gasteiger charge is -2.21. The zero-order valence-corrected chi connectivity index (χ0v) is 26.1. The zero-order valence-electron chi connectivity index (χ0n) is 25.3. The minimum Gasteiger partial charge on any atom is -0.480 e. The van der Waals surface area contributed by atoms with E-state index in [1.54, 1.807) is 25.9 Å². The summed E-state index contributed by atoms with van der Waals surface area (Å²) in [5, 5.41) is 4.67. The van der Waals surface area contributed by atoms with Gasteiger partial charge in [0.15, 0.2) is 23.5 Å². The minimum atomic E-state index is -4.73. The topological polar surface area (TPSA) is 83.6 Å². The summed E-state index contributed by atoms with van der Waals surface area (Å²) in [5.41, 5.74) is 0.963. The number of rotatable bonds is 11. The fraction of sp³-hybridized carbons (Fsp3) is 0.281. The molecule has 14 heteroatoms. The molecule has 0 radical (unpaired) electrons. The number of fused-ring (bicyclic) bond motifs is 1. The van der Waals surface area contributed by atoms with Crippen molar-refractivity contribution in [1.82, 2.24) is 19.3 Å². The van der Waals surface area contributed by atoms with Crippen LogP contribution in [0.4, 0.5) is 23.2 Å². The number of hydrogen-bond acceptors (Lipinski definition) is 7. The molecule has 0 fully saturated rings. The summed E-state index contributed by atoms with van der Waals surface area (Å²) < 4.78 is 75.6. The molecule has 0 bridgehead atoms. The molecule has 0 aliphatic heterocycles. The molecule has 0 spiro atoms. The van der Waals surface area contributed by atoms with Gasteiger partial charge < -0.3 is 19.1 Å². The van der Waals surface area contributed by atoms with Gasteiger partial charge in [-0.25, -0.2) is 14.2 Å². The van der Waals surface area contributed by atoms with E-state index in [-0.39, 0.29) is 58.6 Å². The van der Waals surface area contributed by atoms with Crippen molar-refractivity contribution < 1.29 is 31.8 Å². The Morgan fingerprint density at radius 2 is 1.78 bits per heavy atom. The second-order valence-corrected chi connectivity index (χ2v) is 10.9. The molecule has 0 unspecified atom stereocenters. The van der Waals surface area contributed by atoms with Gasteiger partial charge in [-0.05, 0) is 49.1 Å². The number of ether oxygens (including phenoxy) is 3. The largest absolute Gasteiger partial charge is 0.480 e. The van der Waals surface area contributed by atoms with Gasteiger partial charge in [0.05, 0.1) is 23.4 Å². The van der Waals surface area contributed by atoms with Crippen molar-refractivity contribution in [3.8, 4) is 23.1 Å². The van der Waals surface area contributed by atoms with Gasteiger partial charge in [0.2, 0.25) is 5.88 Å². The Balaban J connectivity index is 1.60. The van der Waals surface area contributed by atoms with Crippen LogP contribution in [0.2, 0.25) is 5.02 Å². The first-order valence-corrected chi connectivity index (χ1v) is 14.6. The average Bonchev–Trinajstić information content (AvgIpc) is 3.33. The molecule has 3 aromatic carbocycles. The second-order valence-electron chi connectivity index (χ2n) is 10.5. The molecule has 0 saturated carbocycles. The lowest BCUT2D eigenvalue weighted by atomic mass is 10.1. The van der Waals surface area contributed by atoms with Gasteiger partial charge >= 0.3 is 11.9 Å². The van der Waals surface area contributed by atoms with Gasteiger partial charge in [0.25, 0.3) is 0 Å². The fourth-order valence-corrected chi connectivity index (χ4v) is 5.06. The molecular formula is C32H30ClF4N5O4. The lowest BCUT2D eigenvalue weighted by Crippen LogP contribution is -2.31. The third-order valence-electron chi connectivity index (χ3n) is 7.09. The van der Waals surface area contributed by atoms with Crippen molar-refractivity contribution in [3.05, 3.63) is 99.6 Å². The Bertz CT molecular complexity index is 1910. The van der Waals surface area contributed by atoms with Crippen LogP contribution in [0.15, 0.2) is 71.7 Å². The van der Waals surface area contributed by atoms with Crippen LogP contribution in [0.3, 0.4) is 0 Å². The number of alkyl halides is 3. The summed E-state index contributed by atoms with van der Waals surface area (Å²) in [4.78, 5) is 19.3. The zero-order chi connectivity index (χ0) is 33.2. The van der Waals surface area contributed by atoms with Crippen LogP contribution in [-0.4, -0.2) is 45.7 Å². The highest BCUT2D eigenvalue weighted by atomic mass is 35.5. The van der Waals surface area contributed by atoms with Gasteiger partial charge in [-0.1, -0.05) is 41.9 Å². The Morgan fingerprint density at radius 1 is 1.04 bits per heavy atom. The molecule has 0 aliphatic rings. The molecule has 1 atom stereocenters. The van der Waals surface area contributed by atoms with Gasteiger partial charge in [0, 0.05) is 32.9 Å². The van der Waals surface area contributed by atoms with Crippen LogP contribution in [0.25, 0.3) is 16.5 Å². The third kappa shape index (κ3) is 6.80. The van der Waals surface area contributed by atoms with E-state index < -0.39 is 23.8 Å². The Labute approximate surface area is 266 Å². The van der Waals surface area contributed by atoms with E-state index in [0.29, 0.717) is 11.5 Å². The quantitative estimate of drug-likeness (QED) is 0.138. The predicted octanol–water partition coefficient (Wildman–Crippen LogP) is 7.30. The molecule has 0 N–H and O–H groups in total. The summed E-state index contributed by atoms with van der Waals surface area (Å²) in [6.07, 6.45) is -5.66. The maximum atomic E-state index is 14.9. The van der Waals surface area contributed by atoms with E-state index in [9.17, 15) is 22.4 Å². The SMILES string of the molecule is CCn1c(COCc2ccccc2)nn(-c2cc(O[C@@H](C)C(F)(F)F)c3c(Oc4c(F)ccc(N(C)C)c4Cl)nccc3c2)c1=O. The summed E-state index contributed by atoms with van der Waals surface area (Å²) >= 11 is 6.45. The van der Waals surface area contributed by atoms with E-state index in [1.165, 1.54) is 35.0 Å². The van der Waals surface area contributed by atoms with Crippen molar-refractivity contribution in [2.75, 3.05) is 19.0 Å². The van der Waals surface area contributed by atoms with Crippen molar-refractivity contribution in [3.63, 3.8) is 0 Å². The molecular weight excluding hydrogens is 630 g/mol. The maximum absolute atomic E-state index is 14.9. The number of aromatic nitrogens is 4. The molecule has 2 aromatic heterocycles. The fourth-order valence-electron chi connectivity index (χ4n) is 4.70. The van der Waals surface area contributed by atoms with Crippen LogP contribution >= 0.6 is 11.6 Å². The summed E-state index contributed by atoms with van der Waals surface area (Å²) in [6.45, 7) is 3.16. The first-order valence-electron chi connectivity index (χ1n) is 14.2. The number of anilines is 1. The average molecular weight is 660 g/mol. The maximum Gasteiger partial charge on any atom is 0.425 e. The van der Waals surface area contributed by atoms with Gasteiger partial charge in [-0.15, -0.1) is 5.10 Å². The Kier molecular flexibility index (Phi) is 9.54. The third-order valence-corrected chi connectivity index (χ3v) is 7.46. The van der Waals surface area contributed by atoms with E-state index in [0.717, 1.165) is 23.2 Å². The van der Waals surface area contributed by atoms with Crippen molar-refractivity contribution in [2.45, 2.75) is 45.9 Å². The van der Waals surface area contributed by atoms with E-state index >= 15 is 0 Å². The van der Waals surface area contributed by atoms with Gasteiger partial charge in [-0.3, -0.25) is 4.57 Å². The smallest absolute Gasteiger partial charge is 0.425 e. The molecule has 5 aromatic rings. The second kappa shape index (κ2) is 13.4. The molecule has 2 heterocycles. The first-order chi connectivity index (χ1) is 21.9. The summed E-state index contributed by atoms with van der Waals surface area (Å²) in [7, 11) is 3.40. The number of benzene rings is 3. The van der Waals surface area contributed by atoms with Crippen molar-refractivity contribution >= 4 is 28.1 Å². The highest BCUT2D eigenvalue weighted by Gasteiger charge is 2.38. The van der Waals surface area contributed by atoms with Crippen molar-refractivity contribution in [1.29, 1.82) is 0 Å². The number of pyridine rings is 1. The van der Waals surface area contributed by atoms with Crippen molar-refractivity contribution in [2.24, 2.45) is 0 Å². The summed E-state index contributed by atoms with van der Waals surface area (Å²) in [6, 6.07) is 16.3. The van der Waals surface area contributed by atoms with E-state index in [2.05, 4.69) is 10.1 Å². The van der Waals surface area contributed by atoms with E-state index in [1.807, 2.05) is 30.3 Å². The monoisotopic (exact) mass is 659 g/mol. The molecule has 0 saturated heterocycles. The highest BCUT2D eigenvalue weighted by Crippen LogP contribution is 2.43. The molecule has 0 amide bonds.